The Morgan fingerprint density at radius 3 is 2.24 bits per heavy atom. The van der Waals surface area contributed by atoms with Crippen molar-refractivity contribution >= 4 is 24.0 Å². The highest BCUT2D eigenvalue weighted by Crippen LogP contribution is 2.22. The molecule has 2 aromatic carbocycles. The van der Waals surface area contributed by atoms with Crippen LogP contribution in [0.1, 0.15) is 47.3 Å². The standard InChI is InChI=1S/C25H31N3O5/c1-16(2)13-21(27-22(29)15-33-23-17(3)7-6-8-18(23)4)24(30)28-26-14-19-9-11-20(12-10-19)25(31)32-5/h6-12,14,16,21H,13,15H2,1-5H3,(H,27,29)(H,28,30)/b26-14-/t21-/m0/s1. The van der Waals surface area contributed by atoms with E-state index in [1.54, 1.807) is 24.3 Å². The lowest BCUT2D eigenvalue weighted by Gasteiger charge is -2.19. The Morgan fingerprint density at radius 2 is 1.67 bits per heavy atom. The number of amides is 2. The average Bonchev–Trinajstić information content (AvgIpc) is 2.78. The third-order valence-electron chi connectivity index (χ3n) is 4.84. The average molecular weight is 454 g/mol. The number of para-hydroxylation sites is 1. The minimum absolute atomic E-state index is 0.176. The first-order valence-electron chi connectivity index (χ1n) is 10.7. The van der Waals surface area contributed by atoms with Gasteiger partial charge in [-0.25, -0.2) is 10.2 Å². The van der Waals surface area contributed by atoms with E-state index < -0.39 is 17.9 Å². The van der Waals surface area contributed by atoms with E-state index in [0.29, 0.717) is 23.3 Å². The molecule has 0 radical (unpaired) electrons. The molecular formula is C25H31N3O5. The lowest BCUT2D eigenvalue weighted by molar-refractivity contribution is -0.130. The molecule has 33 heavy (non-hydrogen) atoms. The number of benzene rings is 2. The molecule has 8 nitrogen and oxygen atoms in total. The summed E-state index contributed by atoms with van der Waals surface area (Å²) in [6.07, 6.45) is 1.90. The van der Waals surface area contributed by atoms with E-state index in [-0.39, 0.29) is 18.4 Å². The molecule has 0 saturated carbocycles. The number of hydrogen-bond acceptors (Lipinski definition) is 6. The summed E-state index contributed by atoms with van der Waals surface area (Å²) in [5.41, 5.74) is 5.45. The van der Waals surface area contributed by atoms with E-state index in [4.69, 9.17) is 4.74 Å². The van der Waals surface area contributed by atoms with E-state index >= 15 is 0 Å². The fourth-order valence-electron chi connectivity index (χ4n) is 3.17. The molecule has 0 bridgehead atoms. The van der Waals surface area contributed by atoms with Crippen LogP contribution in [0.25, 0.3) is 0 Å². The zero-order valence-corrected chi connectivity index (χ0v) is 19.7. The van der Waals surface area contributed by atoms with Gasteiger partial charge in [0.15, 0.2) is 6.61 Å². The van der Waals surface area contributed by atoms with Crippen LogP contribution in [0.3, 0.4) is 0 Å². The summed E-state index contributed by atoms with van der Waals surface area (Å²) in [6.45, 7) is 7.56. The van der Waals surface area contributed by atoms with Crippen LogP contribution in [-0.2, 0) is 14.3 Å². The van der Waals surface area contributed by atoms with E-state index in [1.807, 2.05) is 45.9 Å². The van der Waals surface area contributed by atoms with E-state index in [2.05, 4.69) is 20.6 Å². The lowest BCUT2D eigenvalue weighted by atomic mass is 10.0. The highest BCUT2D eigenvalue weighted by atomic mass is 16.5. The molecule has 2 amide bonds. The third-order valence-corrected chi connectivity index (χ3v) is 4.84. The Hall–Kier alpha value is -3.68. The summed E-state index contributed by atoms with van der Waals surface area (Å²) in [5.74, 6) is -0.399. The number of hydrazone groups is 1. The molecule has 0 aromatic heterocycles. The molecule has 0 spiro atoms. The van der Waals surface area contributed by atoms with E-state index in [9.17, 15) is 14.4 Å². The first-order valence-corrected chi connectivity index (χ1v) is 10.7. The maximum atomic E-state index is 12.6. The monoisotopic (exact) mass is 453 g/mol. The van der Waals surface area contributed by atoms with E-state index in [1.165, 1.54) is 13.3 Å². The molecular weight excluding hydrogens is 422 g/mol. The predicted octanol–water partition coefficient (Wildman–Crippen LogP) is 3.15. The number of carbonyl (C=O) groups is 3. The van der Waals surface area contributed by atoms with Crippen molar-refractivity contribution in [3.05, 3.63) is 64.7 Å². The first kappa shape index (κ1) is 25.6. The van der Waals surface area contributed by atoms with Gasteiger partial charge in [-0.15, -0.1) is 0 Å². The molecule has 176 valence electrons. The number of carbonyl (C=O) groups excluding carboxylic acids is 3. The summed E-state index contributed by atoms with van der Waals surface area (Å²) in [7, 11) is 1.31. The second kappa shape index (κ2) is 12.4. The predicted molar refractivity (Wildman–Crippen MR) is 126 cm³/mol. The van der Waals surface area contributed by atoms with Crippen LogP contribution in [0.5, 0.6) is 5.75 Å². The topological polar surface area (TPSA) is 106 Å². The Balaban J connectivity index is 1.94. The van der Waals surface area contributed by atoms with Crippen molar-refractivity contribution in [2.24, 2.45) is 11.0 Å². The molecule has 8 heteroatoms. The molecule has 2 aromatic rings. The molecule has 2 N–H and O–H groups in total. The van der Waals surface area contributed by atoms with Gasteiger partial charge in [0, 0.05) is 0 Å². The minimum Gasteiger partial charge on any atom is -0.483 e. The molecule has 1 atom stereocenters. The van der Waals surface area contributed by atoms with E-state index in [0.717, 1.165) is 11.1 Å². The van der Waals surface area contributed by atoms with Crippen LogP contribution in [0.4, 0.5) is 0 Å². The summed E-state index contributed by atoms with van der Waals surface area (Å²) in [4.78, 5) is 36.6. The molecule has 0 saturated heterocycles. The molecule has 0 fully saturated rings. The smallest absolute Gasteiger partial charge is 0.337 e. The van der Waals surface area contributed by atoms with Gasteiger partial charge in [-0.1, -0.05) is 44.2 Å². The fourth-order valence-corrected chi connectivity index (χ4v) is 3.17. The fraction of sp³-hybridized carbons (Fsp3) is 0.360. The van der Waals surface area contributed by atoms with Gasteiger partial charge in [0.2, 0.25) is 0 Å². The van der Waals surface area contributed by atoms with Gasteiger partial charge in [-0.3, -0.25) is 9.59 Å². The molecule has 0 unspecified atom stereocenters. The van der Waals surface area contributed by atoms with Crippen LogP contribution in [0.2, 0.25) is 0 Å². The number of nitrogens with zero attached hydrogens (tertiary/aromatic N) is 1. The molecule has 2 rings (SSSR count). The Morgan fingerprint density at radius 1 is 1.03 bits per heavy atom. The largest absolute Gasteiger partial charge is 0.483 e. The first-order chi connectivity index (χ1) is 15.7. The van der Waals surface area contributed by atoms with Crippen molar-refractivity contribution in [2.45, 2.75) is 40.2 Å². The zero-order valence-electron chi connectivity index (χ0n) is 19.7. The Labute approximate surface area is 194 Å². The quantitative estimate of drug-likeness (QED) is 0.327. The van der Waals surface area contributed by atoms with Crippen molar-refractivity contribution in [1.82, 2.24) is 10.7 Å². The number of rotatable bonds is 10. The van der Waals surface area contributed by atoms with Crippen LogP contribution in [-0.4, -0.2) is 43.8 Å². The normalized spacial score (nSPS) is 11.8. The van der Waals surface area contributed by atoms with Crippen molar-refractivity contribution < 1.29 is 23.9 Å². The van der Waals surface area contributed by atoms with Gasteiger partial charge in [-0.05, 0) is 55.0 Å². The van der Waals surface area contributed by atoms with Crippen molar-refractivity contribution in [3.63, 3.8) is 0 Å². The maximum absolute atomic E-state index is 12.6. The summed E-state index contributed by atoms with van der Waals surface area (Å²) in [5, 5.41) is 6.70. The van der Waals surface area contributed by atoms with Gasteiger partial charge >= 0.3 is 5.97 Å². The zero-order chi connectivity index (χ0) is 24.4. The van der Waals surface area contributed by atoms with Crippen molar-refractivity contribution in [2.75, 3.05) is 13.7 Å². The second-order valence-corrected chi connectivity index (χ2v) is 8.11. The number of nitrogens with one attached hydrogen (secondary N) is 2. The minimum atomic E-state index is -0.752. The summed E-state index contributed by atoms with van der Waals surface area (Å²) >= 11 is 0. The van der Waals surface area contributed by atoms with Crippen LogP contribution in [0, 0.1) is 19.8 Å². The second-order valence-electron chi connectivity index (χ2n) is 8.11. The van der Waals surface area contributed by atoms with Crippen LogP contribution >= 0.6 is 0 Å². The molecule has 0 aliphatic heterocycles. The van der Waals surface area contributed by atoms with Gasteiger partial charge in [0.05, 0.1) is 18.9 Å². The lowest BCUT2D eigenvalue weighted by Crippen LogP contribution is -2.47. The Kier molecular flexibility index (Phi) is 9.60. The van der Waals surface area contributed by atoms with Gasteiger partial charge in [0.1, 0.15) is 11.8 Å². The van der Waals surface area contributed by atoms with Crippen molar-refractivity contribution in [3.8, 4) is 5.75 Å². The highest BCUT2D eigenvalue weighted by molar-refractivity contribution is 5.91. The SMILES string of the molecule is COC(=O)c1ccc(/C=N\NC(=O)[C@H](CC(C)C)NC(=O)COc2c(C)cccc2C)cc1. The third kappa shape index (κ3) is 8.07. The number of ether oxygens (including phenoxy) is 2. The number of hydrogen-bond donors (Lipinski definition) is 2. The number of methoxy groups -OCH3 is 1. The van der Waals surface area contributed by atoms with Crippen molar-refractivity contribution in [1.29, 1.82) is 0 Å². The highest BCUT2D eigenvalue weighted by Gasteiger charge is 2.22. The number of esters is 1. The molecule has 0 aliphatic carbocycles. The molecule has 0 heterocycles. The van der Waals surface area contributed by atoms with Crippen LogP contribution in [0.15, 0.2) is 47.6 Å². The summed E-state index contributed by atoms with van der Waals surface area (Å²) in [6, 6.07) is 11.6. The molecule has 0 aliphatic rings. The van der Waals surface area contributed by atoms with Gasteiger partial charge in [0.25, 0.3) is 11.8 Å². The van der Waals surface area contributed by atoms with Gasteiger partial charge < -0.3 is 14.8 Å². The van der Waals surface area contributed by atoms with Gasteiger partial charge in [-0.2, -0.15) is 5.10 Å². The van der Waals surface area contributed by atoms with Crippen LogP contribution < -0.4 is 15.5 Å². The summed E-state index contributed by atoms with van der Waals surface area (Å²) < 4.78 is 10.3. The Bertz CT molecular complexity index is 979. The number of aryl methyl sites for hydroxylation is 2. The maximum Gasteiger partial charge on any atom is 0.337 e.